The number of sulfonamides is 1. The van der Waals surface area contributed by atoms with Gasteiger partial charge in [0.25, 0.3) is 0 Å². The van der Waals surface area contributed by atoms with Crippen LogP contribution in [0.1, 0.15) is 25.0 Å². The highest BCUT2D eigenvalue weighted by Gasteiger charge is 2.29. The Hall–Kier alpha value is -2.25. The molecular weight excluding hydrogens is 324 g/mol. The van der Waals surface area contributed by atoms with Gasteiger partial charge < -0.3 is 4.98 Å². The molecule has 7 heteroatoms. The zero-order valence-corrected chi connectivity index (χ0v) is 14.7. The molecule has 0 saturated carbocycles. The summed E-state index contributed by atoms with van der Waals surface area (Å²) in [5, 5.41) is 0.483. The van der Waals surface area contributed by atoms with Gasteiger partial charge in [-0.25, -0.2) is 23.1 Å². The molecule has 0 unspecified atom stereocenters. The fraction of sp³-hybridized carbons (Fsp3) is 0.294. The average Bonchev–Trinajstić information content (AvgIpc) is 2.93. The first-order valence-corrected chi connectivity index (χ1v) is 9.12. The van der Waals surface area contributed by atoms with Gasteiger partial charge in [-0.2, -0.15) is 0 Å². The Bertz CT molecular complexity index is 977. The molecule has 0 aliphatic heterocycles. The van der Waals surface area contributed by atoms with Crippen LogP contribution in [0.15, 0.2) is 47.9 Å². The number of benzene rings is 1. The van der Waals surface area contributed by atoms with Gasteiger partial charge in [-0.1, -0.05) is 24.3 Å². The van der Waals surface area contributed by atoms with Crippen LogP contribution >= 0.6 is 0 Å². The van der Waals surface area contributed by atoms with Crippen molar-refractivity contribution in [2.24, 2.45) is 0 Å². The lowest BCUT2D eigenvalue weighted by Gasteiger charge is -2.26. The maximum atomic E-state index is 12.8. The second-order valence-electron chi connectivity index (χ2n) is 6.53. The molecule has 3 aromatic rings. The summed E-state index contributed by atoms with van der Waals surface area (Å²) in [6.07, 6.45) is 4.93. The van der Waals surface area contributed by atoms with Crippen LogP contribution in [-0.2, 0) is 16.4 Å². The number of nitrogens with zero attached hydrogens (tertiary/aromatic N) is 2. The van der Waals surface area contributed by atoms with Crippen LogP contribution in [0, 0.1) is 6.92 Å². The van der Waals surface area contributed by atoms with Crippen LogP contribution in [0.3, 0.4) is 0 Å². The van der Waals surface area contributed by atoms with Gasteiger partial charge in [0, 0.05) is 17.9 Å². The zero-order chi connectivity index (χ0) is 17.4. The second-order valence-corrected chi connectivity index (χ2v) is 8.18. The number of fused-ring (bicyclic) bond motifs is 1. The van der Waals surface area contributed by atoms with Crippen molar-refractivity contribution in [1.29, 1.82) is 0 Å². The van der Waals surface area contributed by atoms with Crippen molar-refractivity contribution in [2.75, 3.05) is 0 Å². The van der Waals surface area contributed by atoms with E-state index in [1.54, 1.807) is 0 Å². The van der Waals surface area contributed by atoms with E-state index in [-0.39, 0.29) is 4.90 Å². The maximum Gasteiger partial charge on any atom is 0.243 e. The SMILES string of the molecule is Cc1ccccc1CC(C)(C)NS(=O)(=O)c1c[nH]c2ncncc12. The molecule has 0 radical (unpaired) electrons. The Balaban J connectivity index is 1.89. The van der Waals surface area contributed by atoms with Crippen molar-refractivity contribution in [3.63, 3.8) is 0 Å². The van der Waals surface area contributed by atoms with E-state index >= 15 is 0 Å². The molecule has 0 aliphatic carbocycles. The molecule has 0 aliphatic rings. The summed E-state index contributed by atoms with van der Waals surface area (Å²) in [6.45, 7) is 5.78. The van der Waals surface area contributed by atoms with Crippen LogP contribution in [0.2, 0.25) is 0 Å². The summed E-state index contributed by atoms with van der Waals surface area (Å²) < 4.78 is 28.4. The van der Waals surface area contributed by atoms with Crippen LogP contribution in [0.25, 0.3) is 11.0 Å². The smallest absolute Gasteiger partial charge is 0.243 e. The fourth-order valence-electron chi connectivity index (χ4n) is 2.80. The van der Waals surface area contributed by atoms with Gasteiger partial charge in [0.05, 0.1) is 5.39 Å². The summed E-state index contributed by atoms with van der Waals surface area (Å²) in [7, 11) is -3.70. The minimum absolute atomic E-state index is 0.163. The van der Waals surface area contributed by atoms with E-state index in [0.29, 0.717) is 17.5 Å². The first-order chi connectivity index (χ1) is 11.3. The number of aromatic amines is 1. The Morgan fingerprint density at radius 1 is 1.25 bits per heavy atom. The van der Waals surface area contributed by atoms with Crippen LogP contribution < -0.4 is 4.72 Å². The van der Waals surface area contributed by atoms with Crippen LogP contribution in [0.4, 0.5) is 0 Å². The van der Waals surface area contributed by atoms with Crippen molar-refractivity contribution in [2.45, 2.75) is 37.6 Å². The van der Waals surface area contributed by atoms with E-state index in [1.165, 1.54) is 18.7 Å². The van der Waals surface area contributed by atoms with E-state index < -0.39 is 15.6 Å². The third-order valence-electron chi connectivity index (χ3n) is 3.91. The van der Waals surface area contributed by atoms with Gasteiger partial charge in [-0.15, -0.1) is 0 Å². The lowest BCUT2D eigenvalue weighted by molar-refractivity contribution is 0.450. The number of hydrogen-bond acceptors (Lipinski definition) is 4. The standard InChI is InChI=1S/C17H20N4O2S/c1-12-6-4-5-7-13(12)8-17(2,3)21-24(22,23)15-10-19-16-14(15)9-18-11-20-16/h4-7,9-11,21H,8H2,1-3H3,(H,18,19,20). The van der Waals surface area contributed by atoms with Gasteiger partial charge in [-0.05, 0) is 38.3 Å². The van der Waals surface area contributed by atoms with Crippen LogP contribution in [0.5, 0.6) is 0 Å². The summed E-state index contributed by atoms with van der Waals surface area (Å²) in [4.78, 5) is 11.0. The highest BCUT2D eigenvalue weighted by Crippen LogP contribution is 2.23. The number of nitrogens with one attached hydrogen (secondary N) is 2. The molecule has 2 aromatic heterocycles. The molecule has 126 valence electrons. The first-order valence-electron chi connectivity index (χ1n) is 7.64. The number of H-pyrrole nitrogens is 1. The van der Waals surface area contributed by atoms with Gasteiger partial charge in [0.15, 0.2) is 0 Å². The summed E-state index contributed by atoms with van der Waals surface area (Å²) in [5.41, 5.74) is 2.13. The lowest BCUT2D eigenvalue weighted by atomic mass is 9.93. The Morgan fingerprint density at radius 2 is 2.00 bits per heavy atom. The highest BCUT2D eigenvalue weighted by atomic mass is 32.2. The molecule has 0 atom stereocenters. The quantitative estimate of drug-likeness (QED) is 0.744. The van der Waals surface area contributed by atoms with E-state index in [9.17, 15) is 8.42 Å². The number of hydrogen-bond donors (Lipinski definition) is 2. The lowest BCUT2D eigenvalue weighted by Crippen LogP contribution is -2.45. The van der Waals surface area contributed by atoms with E-state index in [4.69, 9.17) is 0 Å². The topological polar surface area (TPSA) is 87.7 Å². The molecular formula is C17H20N4O2S. The molecule has 0 spiro atoms. The molecule has 0 saturated heterocycles. The van der Waals surface area contributed by atoms with Crippen molar-refractivity contribution in [1.82, 2.24) is 19.7 Å². The monoisotopic (exact) mass is 344 g/mol. The van der Waals surface area contributed by atoms with Gasteiger partial charge in [0.1, 0.15) is 16.9 Å². The second kappa shape index (κ2) is 5.99. The van der Waals surface area contributed by atoms with Crippen molar-refractivity contribution in [3.8, 4) is 0 Å². The summed E-state index contributed by atoms with van der Waals surface area (Å²) in [5.74, 6) is 0. The van der Waals surface area contributed by atoms with Crippen molar-refractivity contribution < 1.29 is 8.42 Å². The molecule has 2 N–H and O–H groups in total. The van der Waals surface area contributed by atoms with Gasteiger partial charge in [0.2, 0.25) is 10.0 Å². The van der Waals surface area contributed by atoms with Crippen molar-refractivity contribution in [3.05, 3.63) is 54.1 Å². The van der Waals surface area contributed by atoms with Crippen molar-refractivity contribution >= 4 is 21.1 Å². The highest BCUT2D eigenvalue weighted by molar-refractivity contribution is 7.89. The Morgan fingerprint density at radius 3 is 2.75 bits per heavy atom. The molecule has 1 aromatic carbocycles. The third kappa shape index (κ3) is 3.32. The van der Waals surface area contributed by atoms with E-state index in [2.05, 4.69) is 19.7 Å². The van der Waals surface area contributed by atoms with Gasteiger partial charge in [-0.3, -0.25) is 0 Å². The van der Waals surface area contributed by atoms with E-state index in [0.717, 1.165) is 11.1 Å². The fourth-order valence-corrected chi connectivity index (χ4v) is 4.36. The predicted octanol–water partition coefficient (Wildman–Crippen LogP) is 2.57. The minimum Gasteiger partial charge on any atom is -0.345 e. The maximum absolute atomic E-state index is 12.8. The zero-order valence-electron chi connectivity index (χ0n) is 13.9. The molecule has 6 nitrogen and oxygen atoms in total. The molecule has 2 heterocycles. The first kappa shape index (κ1) is 16.6. The third-order valence-corrected chi connectivity index (χ3v) is 5.65. The summed E-state index contributed by atoms with van der Waals surface area (Å²) in [6, 6.07) is 7.98. The number of rotatable bonds is 5. The summed E-state index contributed by atoms with van der Waals surface area (Å²) >= 11 is 0. The predicted molar refractivity (Wildman–Crippen MR) is 93.2 cm³/mol. The molecule has 0 bridgehead atoms. The number of aryl methyl sites for hydroxylation is 1. The van der Waals surface area contributed by atoms with E-state index in [1.807, 2.05) is 45.0 Å². The number of aromatic nitrogens is 3. The van der Waals surface area contributed by atoms with Gasteiger partial charge >= 0.3 is 0 Å². The Kier molecular flexibility index (Phi) is 4.15. The Labute approximate surface area is 141 Å². The molecule has 3 rings (SSSR count). The molecule has 0 amide bonds. The molecule has 0 fully saturated rings. The minimum atomic E-state index is -3.70. The van der Waals surface area contributed by atoms with Crippen LogP contribution in [-0.4, -0.2) is 28.9 Å². The molecule has 24 heavy (non-hydrogen) atoms. The largest absolute Gasteiger partial charge is 0.345 e. The normalized spacial score (nSPS) is 12.6. The average molecular weight is 344 g/mol.